The van der Waals surface area contributed by atoms with Gasteiger partial charge in [-0.25, -0.2) is 4.98 Å². The summed E-state index contributed by atoms with van der Waals surface area (Å²) in [6, 6.07) is 14.6. The number of carbonyl (C=O) groups excluding carboxylic acids is 1. The molecule has 0 unspecified atom stereocenters. The van der Waals surface area contributed by atoms with Crippen molar-refractivity contribution in [2.24, 2.45) is 0 Å². The Morgan fingerprint density at radius 1 is 1.12 bits per heavy atom. The van der Waals surface area contributed by atoms with Gasteiger partial charge >= 0.3 is 5.97 Å². The summed E-state index contributed by atoms with van der Waals surface area (Å²) in [6.45, 7) is 6.62. The highest BCUT2D eigenvalue weighted by atomic mass is 16.5. The molecule has 0 aliphatic heterocycles. The SMILES string of the molecule is CCCc1nc2c(C)cc(-c3ccccc3)cc2n1CC(=O)OCC. The van der Waals surface area contributed by atoms with Crippen LogP contribution in [-0.4, -0.2) is 22.1 Å². The Bertz CT molecular complexity index is 882. The molecule has 0 saturated heterocycles. The topological polar surface area (TPSA) is 44.1 Å². The standard InChI is InChI=1S/C21H24N2O2/c1-4-9-19-22-21-15(3)12-17(16-10-7-6-8-11-16)13-18(21)23(19)14-20(24)25-5-2/h6-8,10-13H,4-5,9,14H2,1-3H3. The van der Waals surface area contributed by atoms with Crippen molar-refractivity contribution in [3.63, 3.8) is 0 Å². The van der Waals surface area contributed by atoms with Gasteiger partial charge in [0, 0.05) is 6.42 Å². The summed E-state index contributed by atoms with van der Waals surface area (Å²) >= 11 is 0. The zero-order chi connectivity index (χ0) is 17.8. The summed E-state index contributed by atoms with van der Waals surface area (Å²) in [5.74, 6) is 0.723. The van der Waals surface area contributed by atoms with Crippen molar-refractivity contribution in [2.45, 2.75) is 40.2 Å². The first kappa shape index (κ1) is 17.2. The van der Waals surface area contributed by atoms with Crippen LogP contribution in [0.25, 0.3) is 22.2 Å². The van der Waals surface area contributed by atoms with Crippen LogP contribution in [0.3, 0.4) is 0 Å². The summed E-state index contributed by atoms with van der Waals surface area (Å²) in [5, 5.41) is 0. The molecule has 3 aromatic rings. The van der Waals surface area contributed by atoms with Crippen LogP contribution in [-0.2, 0) is 22.5 Å². The molecule has 0 fully saturated rings. The summed E-state index contributed by atoms with van der Waals surface area (Å²) < 4.78 is 7.17. The van der Waals surface area contributed by atoms with E-state index in [0.29, 0.717) is 6.61 Å². The zero-order valence-electron chi connectivity index (χ0n) is 15.1. The number of esters is 1. The number of aryl methyl sites for hydroxylation is 2. The molecule has 3 rings (SSSR count). The summed E-state index contributed by atoms with van der Waals surface area (Å²) in [6.07, 6.45) is 1.82. The van der Waals surface area contributed by atoms with Gasteiger partial charge in [-0.15, -0.1) is 0 Å². The van der Waals surface area contributed by atoms with Gasteiger partial charge in [0.1, 0.15) is 12.4 Å². The fourth-order valence-electron chi connectivity index (χ4n) is 3.16. The minimum absolute atomic E-state index is 0.206. The molecule has 4 heteroatoms. The molecular formula is C21H24N2O2. The Morgan fingerprint density at radius 2 is 1.88 bits per heavy atom. The van der Waals surface area contributed by atoms with Crippen LogP contribution in [0.4, 0.5) is 0 Å². The number of aromatic nitrogens is 2. The van der Waals surface area contributed by atoms with Crippen LogP contribution < -0.4 is 0 Å². The Kier molecular flexibility index (Phi) is 5.17. The van der Waals surface area contributed by atoms with E-state index in [0.717, 1.165) is 46.4 Å². The smallest absolute Gasteiger partial charge is 0.326 e. The van der Waals surface area contributed by atoms with Crippen LogP contribution in [0.5, 0.6) is 0 Å². The fraction of sp³-hybridized carbons (Fsp3) is 0.333. The lowest BCUT2D eigenvalue weighted by atomic mass is 10.0. The maximum Gasteiger partial charge on any atom is 0.326 e. The van der Waals surface area contributed by atoms with Crippen molar-refractivity contribution < 1.29 is 9.53 Å². The van der Waals surface area contributed by atoms with Gasteiger partial charge in [0.05, 0.1) is 17.6 Å². The minimum atomic E-state index is -0.220. The maximum atomic E-state index is 12.1. The molecule has 2 aromatic carbocycles. The predicted molar refractivity (Wildman–Crippen MR) is 101 cm³/mol. The average molecular weight is 336 g/mol. The van der Waals surface area contributed by atoms with E-state index in [-0.39, 0.29) is 12.5 Å². The maximum absolute atomic E-state index is 12.1. The lowest BCUT2D eigenvalue weighted by Crippen LogP contribution is -2.15. The van der Waals surface area contributed by atoms with Gasteiger partial charge in [-0.1, -0.05) is 37.3 Å². The average Bonchev–Trinajstić information content (AvgIpc) is 2.94. The van der Waals surface area contributed by atoms with Crippen molar-refractivity contribution in [2.75, 3.05) is 6.61 Å². The lowest BCUT2D eigenvalue weighted by molar-refractivity contribution is -0.143. The van der Waals surface area contributed by atoms with Crippen LogP contribution in [0.15, 0.2) is 42.5 Å². The first-order chi connectivity index (χ1) is 12.1. The fourth-order valence-corrected chi connectivity index (χ4v) is 3.16. The summed E-state index contributed by atoms with van der Waals surface area (Å²) in [7, 11) is 0. The van der Waals surface area contributed by atoms with E-state index in [1.807, 2.05) is 29.7 Å². The molecule has 0 amide bonds. The van der Waals surface area contributed by atoms with E-state index in [1.54, 1.807) is 0 Å². The third-order valence-electron chi connectivity index (χ3n) is 4.30. The van der Waals surface area contributed by atoms with Gasteiger partial charge in [-0.05, 0) is 49.1 Å². The number of hydrogen-bond donors (Lipinski definition) is 0. The number of nitrogens with zero attached hydrogens (tertiary/aromatic N) is 2. The third kappa shape index (κ3) is 3.58. The van der Waals surface area contributed by atoms with Crippen molar-refractivity contribution in [1.82, 2.24) is 9.55 Å². The number of hydrogen-bond acceptors (Lipinski definition) is 3. The van der Waals surface area contributed by atoms with Crippen LogP contribution in [0.1, 0.15) is 31.7 Å². The number of imidazole rings is 1. The molecule has 0 saturated carbocycles. The van der Waals surface area contributed by atoms with Crippen molar-refractivity contribution >= 4 is 17.0 Å². The summed E-state index contributed by atoms with van der Waals surface area (Å²) in [4.78, 5) is 16.9. The molecule has 0 spiro atoms. The highest BCUT2D eigenvalue weighted by Crippen LogP contribution is 2.28. The van der Waals surface area contributed by atoms with Crippen molar-refractivity contribution in [3.05, 3.63) is 53.9 Å². The molecule has 0 radical (unpaired) electrons. The minimum Gasteiger partial charge on any atom is -0.465 e. The Morgan fingerprint density at radius 3 is 2.56 bits per heavy atom. The van der Waals surface area contributed by atoms with Crippen LogP contribution in [0.2, 0.25) is 0 Å². The highest BCUT2D eigenvalue weighted by Gasteiger charge is 2.16. The monoisotopic (exact) mass is 336 g/mol. The van der Waals surface area contributed by atoms with Gasteiger partial charge in [0.25, 0.3) is 0 Å². The van der Waals surface area contributed by atoms with Crippen molar-refractivity contribution in [1.29, 1.82) is 0 Å². The highest BCUT2D eigenvalue weighted by molar-refractivity contribution is 5.86. The first-order valence-corrected chi connectivity index (χ1v) is 8.84. The molecule has 0 atom stereocenters. The number of carbonyl (C=O) groups is 1. The number of rotatable bonds is 6. The van der Waals surface area contributed by atoms with Crippen LogP contribution in [0, 0.1) is 6.92 Å². The molecule has 0 N–H and O–H groups in total. The molecule has 1 heterocycles. The van der Waals surface area contributed by atoms with Gasteiger partial charge in [0.2, 0.25) is 0 Å². The second-order valence-corrected chi connectivity index (χ2v) is 6.20. The quantitative estimate of drug-likeness (QED) is 0.621. The normalized spacial score (nSPS) is 11.0. The van der Waals surface area contributed by atoms with Gasteiger partial charge in [-0.3, -0.25) is 4.79 Å². The molecule has 0 bridgehead atoms. The van der Waals surface area contributed by atoms with E-state index in [1.165, 1.54) is 0 Å². The number of benzene rings is 2. The number of ether oxygens (including phenoxy) is 1. The molecule has 130 valence electrons. The van der Waals surface area contributed by atoms with E-state index in [4.69, 9.17) is 9.72 Å². The Hall–Kier alpha value is -2.62. The number of fused-ring (bicyclic) bond motifs is 1. The van der Waals surface area contributed by atoms with E-state index in [9.17, 15) is 4.79 Å². The molecular weight excluding hydrogens is 312 g/mol. The van der Waals surface area contributed by atoms with E-state index in [2.05, 4.69) is 38.1 Å². The second kappa shape index (κ2) is 7.51. The zero-order valence-corrected chi connectivity index (χ0v) is 15.1. The molecule has 25 heavy (non-hydrogen) atoms. The van der Waals surface area contributed by atoms with Gasteiger partial charge in [0.15, 0.2) is 0 Å². The van der Waals surface area contributed by atoms with Crippen molar-refractivity contribution in [3.8, 4) is 11.1 Å². The summed E-state index contributed by atoms with van der Waals surface area (Å²) in [5.41, 5.74) is 5.38. The third-order valence-corrected chi connectivity index (χ3v) is 4.30. The van der Waals surface area contributed by atoms with E-state index < -0.39 is 0 Å². The Balaban J connectivity index is 2.15. The lowest BCUT2D eigenvalue weighted by Gasteiger charge is -2.10. The van der Waals surface area contributed by atoms with Gasteiger partial charge < -0.3 is 9.30 Å². The van der Waals surface area contributed by atoms with Crippen LogP contribution >= 0.6 is 0 Å². The van der Waals surface area contributed by atoms with E-state index >= 15 is 0 Å². The largest absolute Gasteiger partial charge is 0.465 e. The second-order valence-electron chi connectivity index (χ2n) is 6.20. The first-order valence-electron chi connectivity index (χ1n) is 8.84. The molecule has 1 aromatic heterocycles. The van der Waals surface area contributed by atoms with Gasteiger partial charge in [-0.2, -0.15) is 0 Å². The molecule has 0 aliphatic rings. The predicted octanol–water partition coefficient (Wildman–Crippen LogP) is 4.53. The Labute approximate surface area is 148 Å². The molecule has 0 aliphatic carbocycles. The molecule has 4 nitrogen and oxygen atoms in total.